The summed E-state index contributed by atoms with van der Waals surface area (Å²) >= 11 is 12.2. The van der Waals surface area contributed by atoms with Crippen molar-refractivity contribution in [1.29, 1.82) is 0 Å². The predicted octanol–water partition coefficient (Wildman–Crippen LogP) is 4.18. The van der Waals surface area contributed by atoms with Gasteiger partial charge in [0.1, 0.15) is 11.0 Å². The third-order valence-electron chi connectivity index (χ3n) is 5.04. The molecule has 1 N–H and O–H groups in total. The van der Waals surface area contributed by atoms with Gasteiger partial charge >= 0.3 is 0 Å². The normalized spacial score (nSPS) is 19.7. The zero-order chi connectivity index (χ0) is 16.0. The fourth-order valence-corrected chi connectivity index (χ4v) is 4.17. The predicted molar refractivity (Wildman–Crippen MR) is 95.5 cm³/mol. The Hall–Kier alpha value is -1.52. The van der Waals surface area contributed by atoms with Crippen LogP contribution in [-0.4, -0.2) is 28.5 Å². The topological polar surface area (TPSA) is 42.2 Å². The summed E-state index contributed by atoms with van der Waals surface area (Å²) in [5, 5.41) is 8.52. The lowest BCUT2D eigenvalue weighted by atomic mass is 9.65. The number of amidine groups is 1. The first-order valence-electron chi connectivity index (χ1n) is 7.87. The number of nitrogens with one attached hydrogen (secondary N) is 1. The number of halogens is 2. The van der Waals surface area contributed by atoms with E-state index in [1.54, 1.807) is 10.9 Å². The van der Waals surface area contributed by atoms with Crippen LogP contribution in [0.2, 0.25) is 5.15 Å². The molecule has 1 spiro atoms. The first-order chi connectivity index (χ1) is 11.2. The quantitative estimate of drug-likeness (QED) is 0.845. The van der Waals surface area contributed by atoms with E-state index in [2.05, 4.69) is 33.6 Å². The average Bonchev–Trinajstić information content (AvgIpc) is 3.05. The van der Waals surface area contributed by atoms with Crippen molar-refractivity contribution in [3.63, 3.8) is 0 Å². The molecule has 1 aliphatic heterocycles. The van der Waals surface area contributed by atoms with Crippen LogP contribution in [-0.2, 0) is 11.8 Å². The number of aromatic nitrogens is 2. The summed E-state index contributed by atoms with van der Waals surface area (Å²) in [4.78, 5) is 4.47. The second kappa shape index (κ2) is 5.53. The third-order valence-corrected chi connectivity index (χ3v) is 5.64. The van der Waals surface area contributed by atoms with Crippen LogP contribution >= 0.6 is 23.2 Å². The maximum Gasteiger partial charge on any atom is 0.136 e. The second-order valence-corrected chi connectivity index (χ2v) is 6.91. The molecule has 4 rings (SSSR count). The van der Waals surface area contributed by atoms with Crippen LogP contribution in [0.15, 0.2) is 29.4 Å². The zero-order valence-corrected chi connectivity index (χ0v) is 14.5. The number of nitrogens with zero attached hydrogens (tertiary/aromatic N) is 3. The summed E-state index contributed by atoms with van der Waals surface area (Å²) in [6, 6.07) is 6.38. The van der Waals surface area contributed by atoms with E-state index >= 15 is 0 Å². The van der Waals surface area contributed by atoms with Gasteiger partial charge in [-0.15, -0.1) is 11.6 Å². The van der Waals surface area contributed by atoms with Crippen molar-refractivity contribution < 1.29 is 0 Å². The summed E-state index contributed by atoms with van der Waals surface area (Å²) < 4.78 is 1.76. The van der Waals surface area contributed by atoms with Gasteiger partial charge in [0.05, 0.1) is 17.3 Å². The highest BCUT2D eigenvalue weighted by Gasteiger charge is 2.48. The minimum Gasteiger partial charge on any atom is -0.343 e. The van der Waals surface area contributed by atoms with Gasteiger partial charge in [-0.1, -0.05) is 24.1 Å². The van der Waals surface area contributed by atoms with Crippen LogP contribution in [0.4, 0.5) is 5.69 Å². The largest absolute Gasteiger partial charge is 0.343 e. The van der Waals surface area contributed by atoms with Crippen molar-refractivity contribution in [2.45, 2.75) is 31.1 Å². The maximum absolute atomic E-state index is 6.44. The molecule has 4 nitrogen and oxygen atoms in total. The van der Waals surface area contributed by atoms with Crippen molar-refractivity contribution >= 4 is 34.7 Å². The lowest BCUT2D eigenvalue weighted by Gasteiger charge is -2.38. The number of hydrogen-bond donors (Lipinski definition) is 1. The summed E-state index contributed by atoms with van der Waals surface area (Å²) in [5.74, 6) is 1.63. The minimum absolute atomic E-state index is 0.111. The monoisotopic (exact) mass is 348 g/mol. The summed E-state index contributed by atoms with van der Waals surface area (Å²) in [6.45, 7) is 0. The first kappa shape index (κ1) is 15.0. The SMILES string of the molecule is CN=C1Nc2cc(-n3ncc(CCCl)c3Cl)ccc2C12CCC2. The lowest BCUT2D eigenvalue weighted by Crippen LogP contribution is -2.41. The number of anilines is 1. The van der Waals surface area contributed by atoms with Crippen molar-refractivity contribution in [2.24, 2.45) is 4.99 Å². The van der Waals surface area contributed by atoms with Crippen molar-refractivity contribution in [3.05, 3.63) is 40.7 Å². The van der Waals surface area contributed by atoms with Crippen LogP contribution in [0.25, 0.3) is 5.69 Å². The maximum atomic E-state index is 6.44. The molecule has 1 aliphatic carbocycles. The fourth-order valence-electron chi connectivity index (χ4n) is 3.68. The van der Waals surface area contributed by atoms with Crippen LogP contribution in [0.5, 0.6) is 0 Å². The molecule has 6 heteroatoms. The Labute approximate surface area is 145 Å². The van der Waals surface area contributed by atoms with Gasteiger partial charge < -0.3 is 5.32 Å². The Morgan fingerprint density at radius 3 is 2.87 bits per heavy atom. The van der Waals surface area contributed by atoms with E-state index in [0.29, 0.717) is 11.0 Å². The van der Waals surface area contributed by atoms with Crippen LogP contribution in [0.1, 0.15) is 30.4 Å². The molecule has 1 aromatic heterocycles. The molecule has 0 bridgehead atoms. The number of hydrogen-bond acceptors (Lipinski definition) is 2. The number of aliphatic imine (C=N–C) groups is 1. The molecule has 2 heterocycles. The zero-order valence-electron chi connectivity index (χ0n) is 12.9. The molecule has 0 atom stereocenters. The van der Waals surface area contributed by atoms with E-state index in [-0.39, 0.29) is 5.41 Å². The molecular weight excluding hydrogens is 331 g/mol. The average molecular weight is 349 g/mol. The second-order valence-electron chi connectivity index (χ2n) is 6.17. The van der Waals surface area contributed by atoms with Crippen LogP contribution in [0.3, 0.4) is 0 Å². The van der Waals surface area contributed by atoms with E-state index in [0.717, 1.165) is 29.2 Å². The fraction of sp³-hybridized carbons (Fsp3) is 0.412. The Balaban J connectivity index is 1.75. The van der Waals surface area contributed by atoms with Gasteiger partial charge in [-0.25, -0.2) is 4.68 Å². The van der Waals surface area contributed by atoms with Gasteiger partial charge in [0, 0.05) is 24.2 Å². The standard InChI is InChI=1S/C17H18Cl2N4/c1-20-16-17(6-2-7-17)13-4-3-12(9-14(13)22-16)23-15(19)11(5-8-18)10-21-23/h3-4,9-10H,2,5-8H2,1H3,(H,20,22). The van der Waals surface area contributed by atoms with E-state index in [9.17, 15) is 0 Å². The highest BCUT2D eigenvalue weighted by atomic mass is 35.5. The van der Waals surface area contributed by atoms with Crippen molar-refractivity contribution in [2.75, 3.05) is 18.2 Å². The first-order valence-corrected chi connectivity index (χ1v) is 8.78. The minimum atomic E-state index is 0.111. The van der Waals surface area contributed by atoms with E-state index in [1.807, 2.05) is 7.05 Å². The van der Waals surface area contributed by atoms with Crippen LogP contribution in [0, 0.1) is 0 Å². The molecule has 2 aromatic rings. The number of rotatable bonds is 3. The highest BCUT2D eigenvalue weighted by molar-refractivity contribution is 6.30. The summed E-state index contributed by atoms with van der Waals surface area (Å²) in [5.41, 5.74) is 4.50. The third kappa shape index (κ3) is 2.12. The number of fused-ring (bicyclic) bond motifs is 2. The molecule has 2 aliphatic rings. The number of benzene rings is 1. The summed E-state index contributed by atoms with van der Waals surface area (Å²) in [6.07, 6.45) is 6.11. The van der Waals surface area contributed by atoms with Gasteiger partial charge in [0.2, 0.25) is 0 Å². The van der Waals surface area contributed by atoms with Crippen molar-refractivity contribution in [3.8, 4) is 5.69 Å². The van der Waals surface area contributed by atoms with E-state index in [1.165, 1.54) is 24.8 Å². The van der Waals surface area contributed by atoms with Gasteiger partial charge in [-0.05, 0) is 37.0 Å². The number of aryl methyl sites for hydroxylation is 1. The molecular formula is C17H18Cl2N4. The Morgan fingerprint density at radius 1 is 1.39 bits per heavy atom. The van der Waals surface area contributed by atoms with E-state index < -0.39 is 0 Å². The molecule has 0 amide bonds. The van der Waals surface area contributed by atoms with Gasteiger partial charge in [-0.2, -0.15) is 5.10 Å². The molecule has 0 radical (unpaired) electrons. The highest BCUT2D eigenvalue weighted by Crippen LogP contribution is 2.51. The molecule has 0 saturated heterocycles. The number of alkyl halides is 1. The van der Waals surface area contributed by atoms with Crippen molar-refractivity contribution in [1.82, 2.24) is 9.78 Å². The van der Waals surface area contributed by atoms with E-state index in [4.69, 9.17) is 23.2 Å². The van der Waals surface area contributed by atoms with Gasteiger partial charge in [0.25, 0.3) is 0 Å². The Bertz CT molecular complexity index is 790. The summed E-state index contributed by atoms with van der Waals surface area (Å²) in [7, 11) is 1.86. The van der Waals surface area contributed by atoms with Crippen LogP contribution < -0.4 is 5.32 Å². The van der Waals surface area contributed by atoms with Gasteiger partial charge in [-0.3, -0.25) is 4.99 Å². The molecule has 120 valence electrons. The Kier molecular flexibility index (Phi) is 3.62. The Morgan fingerprint density at radius 2 is 2.22 bits per heavy atom. The molecule has 1 fully saturated rings. The van der Waals surface area contributed by atoms with Gasteiger partial charge in [0.15, 0.2) is 0 Å². The lowest BCUT2D eigenvalue weighted by molar-refractivity contribution is 0.347. The molecule has 23 heavy (non-hydrogen) atoms. The smallest absolute Gasteiger partial charge is 0.136 e. The molecule has 1 aromatic carbocycles. The molecule has 0 unspecified atom stereocenters. The molecule has 1 saturated carbocycles.